The number of amidine groups is 1. The normalized spacial score (nSPS) is 20.9. The molecule has 1 aliphatic rings. The minimum absolute atomic E-state index is 0.162. The van der Waals surface area contributed by atoms with Crippen molar-refractivity contribution in [3.05, 3.63) is 29.8 Å². The summed E-state index contributed by atoms with van der Waals surface area (Å²) < 4.78 is 26.1. The number of fused-ring (bicyclic) bond motifs is 1. The lowest BCUT2D eigenvalue weighted by Crippen LogP contribution is -2.30. The van der Waals surface area contributed by atoms with Crippen molar-refractivity contribution in [2.75, 3.05) is 6.54 Å². The van der Waals surface area contributed by atoms with Crippen LogP contribution in [-0.4, -0.2) is 32.0 Å². The monoisotopic (exact) mass is 282 g/mol. The Morgan fingerprint density at radius 1 is 1.32 bits per heavy atom. The molecule has 1 aliphatic heterocycles. The number of aliphatic hydroxyl groups excluding tert-OH is 1. The fourth-order valence-electron chi connectivity index (χ4n) is 1.70. The Balaban J connectivity index is 2.30. The highest BCUT2D eigenvalue weighted by Crippen LogP contribution is 2.23. The number of sulfonamides is 1. The first-order chi connectivity index (χ1) is 8.72. The molecule has 0 aliphatic carbocycles. The first kappa shape index (κ1) is 14.0. The number of aliphatic imine (C=N–C) groups is 1. The average Bonchev–Trinajstić information content (AvgIpc) is 2.58. The van der Waals surface area contributed by atoms with Gasteiger partial charge >= 0.3 is 0 Å². The Hall–Kier alpha value is -1.40. The number of nitrogens with zero attached hydrogens (tertiary/aromatic N) is 1. The van der Waals surface area contributed by atoms with Crippen LogP contribution in [0.1, 0.15) is 26.3 Å². The summed E-state index contributed by atoms with van der Waals surface area (Å²) in [6, 6.07) is 6.68. The van der Waals surface area contributed by atoms with Crippen LogP contribution in [0, 0.1) is 5.41 Å². The lowest BCUT2D eigenvalue weighted by Gasteiger charge is -2.24. The Morgan fingerprint density at radius 3 is 2.58 bits per heavy atom. The van der Waals surface area contributed by atoms with Gasteiger partial charge < -0.3 is 5.11 Å². The molecule has 2 rings (SSSR count). The molecule has 1 atom stereocenters. The van der Waals surface area contributed by atoms with Crippen molar-refractivity contribution in [1.29, 1.82) is 0 Å². The van der Waals surface area contributed by atoms with E-state index in [2.05, 4.69) is 9.71 Å². The quantitative estimate of drug-likeness (QED) is 0.853. The maximum Gasteiger partial charge on any atom is 0.263 e. The summed E-state index contributed by atoms with van der Waals surface area (Å²) in [5.74, 6) is 0.305. The predicted octanol–water partition coefficient (Wildman–Crippen LogP) is 1.13. The van der Waals surface area contributed by atoms with E-state index in [1.807, 2.05) is 20.8 Å². The van der Waals surface area contributed by atoms with Crippen molar-refractivity contribution in [2.24, 2.45) is 10.4 Å². The smallest absolute Gasteiger partial charge is 0.263 e. The van der Waals surface area contributed by atoms with Crippen LogP contribution < -0.4 is 4.72 Å². The standard InChI is InChI=1S/C13H18N2O3S/c1-13(2,3)11(16)8-14-12-9-6-4-5-7-10(9)19(17,18)15-12/h4-7,11,16H,8H2,1-3H3,(H,14,15)/t11-/m0/s1. The summed E-state index contributed by atoms with van der Waals surface area (Å²) in [5.41, 5.74) is 0.268. The van der Waals surface area contributed by atoms with Gasteiger partial charge in [0.15, 0.2) is 0 Å². The van der Waals surface area contributed by atoms with Crippen molar-refractivity contribution >= 4 is 15.9 Å². The second-order valence-electron chi connectivity index (χ2n) is 5.67. The third kappa shape index (κ3) is 2.79. The molecule has 19 heavy (non-hydrogen) atoms. The van der Waals surface area contributed by atoms with Gasteiger partial charge in [-0.05, 0) is 17.5 Å². The number of nitrogens with one attached hydrogen (secondary N) is 1. The van der Waals surface area contributed by atoms with Gasteiger partial charge in [0.2, 0.25) is 0 Å². The highest BCUT2D eigenvalue weighted by molar-refractivity contribution is 7.90. The average molecular weight is 282 g/mol. The highest BCUT2D eigenvalue weighted by atomic mass is 32.2. The molecule has 0 saturated heterocycles. The molecule has 0 spiro atoms. The number of rotatable bonds is 2. The van der Waals surface area contributed by atoms with Gasteiger partial charge in [-0.15, -0.1) is 0 Å². The van der Waals surface area contributed by atoms with Crippen LogP contribution in [0.4, 0.5) is 0 Å². The predicted molar refractivity (Wildman–Crippen MR) is 73.6 cm³/mol. The summed E-state index contributed by atoms with van der Waals surface area (Å²) in [4.78, 5) is 4.44. The Bertz CT molecular complexity index is 615. The van der Waals surface area contributed by atoms with Crippen molar-refractivity contribution in [1.82, 2.24) is 4.72 Å². The molecular weight excluding hydrogens is 264 g/mol. The van der Waals surface area contributed by atoms with Crippen LogP contribution in [0.3, 0.4) is 0 Å². The maximum absolute atomic E-state index is 11.9. The Labute approximate surface area is 113 Å². The van der Waals surface area contributed by atoms with E-state index in [-0.39, 0.29) is 16.9 Å². The lowest BCUT2D eigenvalue weighted by atomic mass is 9.89. The van der Waals surface area contributed by atoms with Crippen LogP contribution in [0.5, 0.6) is 0 Å². The summed E-state index contributed by atoms with van der Waals surface area (Å²) in [5, 5.41) is 9.94. The third-order valence-electron chi connectivity index (χ3n) is 3.08. The molecule has 0 amide bonds. The van der Waals surface area contributed by atoms with E-state index < -0.39 is 16.1 Å². The number of hydrogen-bond donors (Lipinski definition) is 2. The molecule has 6 heteroatoms. The molecule has 1 aromatic carbocycles. The van der Waals surface area contributed by atoms with Crippen LogP contribution >= 0.6 is 0 Å². The fourth-order valence-corrected chi connectivity index (χ4v) is 2.95. The highest BCUT2D eigenvalue weighted by Gasteiger charge is 2.30. The summed E-state index contributed by atoms with van der Waals surface area (Å²) in [7, 11) is -3.50. The zero-order chi connectivity index (χ0) is 14.3. The van der Waals surface area contributed by atoms with Gasteiger partial charge in [0, 0.05) is 5.56 Å². The first-order valence-electron chi connectivity index (χ1n) is 6.06. The van der Waals surface area contributed by atoms with Gasteiger partial charge in [0.1, 0.15) is 5.84 Å². The largest absolute Gasteiger partial charge is 0.391 e. The fraction of sp³-hybridized carbons (Fsp3) is 0.462. The zero-order valence-corrected chi connectivity index (χ0v) is 12.0. The Kier molecular flexibility index (Phi) is 3.40. The van der Waals surface area contributed by atoms with Gasteiger partial charge in [0.25, 0.3) is 10.0 Å². The maximum atomic E-state index is 11.9. The molecule has 0 bridgehead atoms. The Morgan fingerprint density at radius 2 is 1.95 bits per heavy atom. The van der Waals surface area contributed by atoms with Crippen LogP contribution in [0.2, 0.25) is 0 Å². The molecule has 0 radical (unpaired) electrons. The topological polar surface area (TPSA) is 78.8 Å². The lowest BCUT2D eigenvalue weighted by molar-refractivity contribution is 0.0713. The molecular formula is C13H18N2O3S. The molecule has 0 fully saturated rings. The van der Waals surface area contributed by atoms with Gasteiger partial charge in [0.05, 0.1) is 17.5 Å². The van der Waals surface area contributed by atoms with E-state index in [1.165, 1.54) is 0 Å². The summed E-state index contributed by atoms with van der Waals surface area (Å²) in [6.07, 6.45) is -0.628. The van der Waals surface area contributed by atoms with Gasteiger partial charge in [-0.25, -0.2) is 8.42 Å². The summed E-state index contributed by atoms with van der Waals surface area (Å²) >= 11 is 0. The van der Waals surface area contributed by atoms with Gasteiger partial charge in [-0.1, -0.05) is 32.9 Å². The molecule has 5 nitrogen and oxygen atoms in total. The van der Waals surface area contributed by atoms with Gasteiger partial charge in [-0.3, -0.25) is 9.71 Å². The molecule has 1 aromatic rings. The molecule has 1 heterocycles. The van der Waals surface area contributed by atoms with Crippen molar-refractivity contribution in [3.63, 3.8) is 0 Å². The minimum Gasteiger partial charge on any atom is -0.391 e. The molecule has 0 unspecified atom stereocenters. The van der Waals surface area contributed by atoms with E-state index in [9.17, 15) is 13.5 Å². The first-order valence-corrected chi connectivity index (χ1v) is 7.55. The van der Waals surface area contributed by atoms with E-state index in [0.717, 1.165) is 0 Å². The summed E-state index contributed by atoms with van der Waals surface area (Å²) in [6.45, 7) is 5.88. The van der Waals surface area contributed by atoms with Crippen molar-refractivity contribution < 1.29 is 13.5 Å². The van der Waals surface area contributed by atoms with Crippen molar-refractivity contribution in [3.8, 4) is 0 Å². The van der Waals surface area contributed by atoms with Crippen molar-refractivity contribution in [2.45, 2.75) is 31.8 Å². The van der Waals surface area contributed by atoms with E-state index >= 15 is 0 Å². The second-order valence-corrected chi connectivity index (χ2v) is 7.32. The van der Waals surface area contributed by atoms with Crippen LogP contribution in [-0.2, 0) is 10.0 Å². The van der Waals surface area contributed by atoms with Crippen LogP contribution in [0.15, 0.2) is 34.2 Å². The van der Waals surface area contributed by atoms with E-state index in [0.29, 0.717) is 11.4 Å². The minimum atomic E-state index is -3.50. The van der Waals surface area contributed by atoms with E-state index in [4.69, 9.17) is 0 Å². The molecule has 2 N–H and O–H groups in total. The van der Waals surface area contributed by atoms with Crippen LogP contribution in [0.25, 0.3) is 0 Å². The number of hydrogen-bond acceptors (Lipinski definition) is 4. The number of benzene rings is 1. The van der Waals surface area contributed by atoms with E-state index in [1.54, 1.807) is 24.3 Å². The second kappa shape index (κ2) is 4.61. The van der Waals surface area contributed by atoms with Gasteiger partial charge in [-0.2, -0.15) is 0 Å². The molecule has 104 valence electrons. The molecule has 0 saturated carbocycles. The molecule has 0 aromatic heterocycles. The SMILES string of the molecule is CC(C)(C)[C@@H](O)CN=C1NS(=O)(=O)c2ccccc21. The third-order valence-corrected chi connectivity index (χ3v) is 4.48. The zero-order valence-electron chi connectivity index (χ0n) is 11.2. The number of aliphatic hydroxyl groups is 1.